The van der Waals surface area contributed by atoms with E-state index >= 15 is 0 Å². The van der Waals surface area contributed by atoms with Crippen LogP contribution in [0.25, 0.3) is 39.4 Å². The molecule has 4 aliphatic rings. The molecule has 0 bridgehead atoms. The molecule has 0 radical (unpaired) electrons. The number of epoxide rings is 1. The average molecular weight is 1020 g/mol. The topological polar surface area (TPSA) is 227 Å². The number of amides is 3. The highest BCUT2D eigenvalue weighted by Crippen LogP contribution is 2.45. The van der Waals surface area contributed by atoms with Crippen LogP contribution in [-0.2, 0) is 50.8 Å². The minimum Gasteiger partial charge on any atom is -0.508 e. The summed E-state index contributed by atoms with van der Waals surface area (Å²) in [5.74, 6) is -0.348. The quantitative estimate of drug-likeness (QED) is 0.0800. The van der Waals surface area contributed by atoms with E-state index in [1.807, 2.05) is 88.0 Å². The van der Waals surface area contributed by atoms with E-state index in [2.05, 4.69) is 20.4 Å². The van der Waals surface area contributed by atoms with E-state index < -0.39 is 23.6 Å². The molecule has 1 atom stereocenters. The number of aromatic hydroxyl groups is 2. The number of carbonyl (C=O) groups excluding carboxylic acids is 4. The van der Waals surface area contributed by atoms with Crippen LogP contribution in [0.5, 0.6) is 17.2 Å². The van der Waals surface area contributed by atoms with Crippen LogP contribution < -0.4 is 15.6 Å². The number of aryl methyl sites for hydroxylation is 1. The zero-order valence-corrected chi connectivity index (χ0v) is 43.2. The first kappa shape index (κ1) is 50.9. The normalized spacial score (nSPS) is 18.1. The van der Waals surface area contributed by atoms with Crippen molar-refractivity contribution in [1.29, 1.82) is 0 Å². The van der Waals surface area contributed by atoms with Gasteiger partial charge in [-0.05, 0) is 130 Å². The van der Waals surface area contributed by atoms with Crippen molar-refractivity contribution in [2.75, 3.05) is 46.4 Å². The van der Waals surface area contributed by atoms with Crippen LogP contribution in [0.3, 0.4) is 0 Å². The fraction of sp³-hybridized carbons (Fsp3) is 0.429. The molecule has 19 heteroatoms. The van der Waals surface area contributed by atoms with Gasteiger partial charge in [-0.2, -0.15) is 0 Å². The lowest BCUT2D eigenvalue weighted by molar-refractivity contribution is -0.154. The zero-order chi connectivity index (χ0) is 52.9. The molecule has 10 rings (SSSR count). The molecule has 7 heterocycles. The lowest BCUT2D eigenvalue weighted by atomic mass is 9.92. The van der Waals surface area contributed by atoms with Crippen LogP contribution in [0.1, 0.15) is 105 Å². The predicted octanol–water partition coefficient (Wildman–Crippen LogP) is 6.79. The lowest BCUT2D eigenvalue weighted by Gasteiger charge is -2.39. The van der Waals surface area contributed by atoms with Crippen LogP contribution in [0, 0.1) is 5.92 Å². The molecule has 3 aromatic carbocycles. The van der Waals surface area contributed by atoms with Gasteiger partial charge in [0.05, 0.1) is 34.6 Å². The average Bonchev–Trinajstić information content (AvgIpc) is 4.10. The SMILES string of the molecule is CCNC(=O)c1nnc(-c2cc(C(C)C)c(O)cc2O)n1-c1ccc(CN2CCC(C(=O)N3CCC(N(C)C(=O)Oc4ccc5nc(-c6cc7c(c(=O)n6CC)COC(=O)C76CO6)cc(CC)c5c4)CC3)CC2)cc1. The summed E-state index contributed by atoms with van der Waals surface area (Å²) in [5, 5.41) is 33.6. The minimum absolute atomic E-state index is 0.0258. The third-order valence-corrected chi connectivity index (χ3v) is 15.3. The van der Waals surface area contributed by atoms with Crippen molar-refractivity contribution in [2.24, 2.45) is 5.92 Å². The van der Waals surface area contributed by atoms with Crippen molar-refractivity contribution in [1.82, 2.24) is 44.3 Å². The van der Waals surface area contributed by atoms with Crippen molar-refractivity contribution in [3.8, 4) is 45.7 Å². The molecule has 1 spiro atoms. The largest absolute Gasteiger partial charge is 0.508 e. The molecule has 4 aliphatic heterocycles. The molecule has 1 unspecified atom stereocenters. The summed E-state index contributed by atoms with van der Waals surface area (Å²) in [6.07, 6.45) is 2.90. The number of cyclic esters (lactones) is 1. The lowest BCUT2D eigenvalue weighted by Crippen LogP contribution is -2.50. The first-order valence-electron chi connectivity index (χ1n) is 26.0. The molecule has 3 amide bonds. The second kappa shape index (κ2) is 20.6. The van der Waals surface area contributed by atoms with Gasteiger partial charge in [0.25, 0.3) is 11.5 Å². The fourth-order valence-corrected chi connectivity index (χ4v) is 10.9. The maximum atomic E-state index is 13.9. The van der Waals surface area contributed by atoms with Crippen LogP contribution in [0.4, 0.5) is 4.79 Å². The maximum Gasteiger partial charge on any atom is 0.415 e. The highest BCUT2D eigenvalue weighted by Gasteiger charge is 2.59. The minimum atomic E-state index is -1.24. The number of phenols is 2. The van der Waals surface area contributed by atoms with Crippen LogP contribution in [0.2, 0.25) is 0 Å². The molecule has 0 saturated carbocycles. The van der Waals surface area contributed by atoms with Crippen LogP contribution in [-0.4, -0.2) is 126 Å². The zero-order valence-electron chi connectivity index (χ0n) is 43.2. The molecular weight excluding hydrogens is 959 g/mol. The Labute approximate surface area is 434 Å². The summed E-state index contributed by atoms with van der Waals surface area (Å²) >= 11 is 0. The van der Waals surface area contributed by atoms with Gasteiger partial charge in [-0.3, -0.25) is 23.9 Å². The molecule has 3 saturated heterocycles. The van der Waals surface area contributed by atoms with Crippen molar-refractivity contribution >= 4 is 34.8 Å². The Morgan fingerprint density at radius 2 is 1.64 bits per heavy atom. The standard InChI is InChI=1S/C56H63N9O10/c1-7-34-24-45(46-27-43-42(53(70)64(46)9-3)30-73-54(71)56(43)31-74-56)58-44-15-14-38(25-40(34)44)75-55(72)61(6)36-18-22-63(23-19-36)52(69)35-16-20-62(21-17-35)29-33-10-12-37(13-11-33)65-49(59-60-50(65)51(68)57-8-2)41-26-39(32(4)5)47(66)28-48(41)67/h10-15,24-28,32,35-36,66-67H,7-9,16-23,29-31H2,1-6H3,(H,57,68). The molecule has 75 heavy (non-hydrogen) atoms. The highest BCUT2D eigenvalue weighted by atomic mass is 16.6. The molecule has 392 valence electrons. The van der Waals surface area contributed by atoms with Crippen molar-refractivity contribution in [2.45, 2.75) is 104 Å². The second-order valence-electron chi connectivity index (χ2n) is 20.2. The number of aromatic nitrogens is 5. The van der Waals surface area contributed by atoms with Gasteiger partial charge in [-0.25, -0.2) is 14.6 Å². The number of nitrogens with zero attached hydrogens (tertiary/aromatic N) is 8. The Balaban J connectivity index is 0.732. The number of ether oxygens (including phenoxy) is 3. The van der Waals surface area contributed by atoms with Gasteiger partial charge in [-0.15, -0.1) is 10.2 Å². The van der Waals surface area contributed by atoms with Crippen molar-refractivity contribution in [3.63, 3.8) is 0 Å². The van der Waals surface area contributed by atoms with E-state index in [0.29, 0.717) is 103 Å². The molecule has 3 aromatic heterocycles. The van der Waals surface area contributed by atoms with Gasteiger partial charge in [0.2, 0.25) is 17.3 Å². The monoisotopic (exact) mass is 1020 g/mol. The number of rotatable bonds is 13. The third-order valence-electron chi connectivity index (χ3n) is 15.3. The summed E-state index contributed by atoms with van der Waals surface area (Å²) < 4.78 is 20.1. The van der Waals surface area contributed by atoms with Gasteiger partial charge in [0, 0.05) is 74.4 Å². The first-order valence-corrected chi connectivity index (χ1v) is 26.0. The summed E-state index contributed by atoms with van der Waals surface area (Å²) in [6, 6.07) is 19.8. The van der Waals surface area contributed by atoms with E-state index in [1.165, 1.54) is 6.07 Å². The summed E-state index contributed by atoms with van der Waals surface area (Å²) in [4.78, 5) is 77.8. The summed E-state index contributed by atoms with van der Waals surface area (Å²) in [6.45, 7) is 13.8. The van der Waals surface area contributed by atoms with Crippen LogP contribution in [0.15, 0.2) is 71.5 Å². The smallest absolute Gasteiger partial charge is 0.415 e. The highest BCUT2D eigenvalue weighted by molar-refractivity contribution is 5.92. The number of phenolic OH excluding ortho intramolecular Hbond substituents is 2. The number of carbonyl (C=O) groups is 4. The number of nitrogens with one attached hydrogen (secondary N) is 1. The van der Waals surface area contributed by atoms with E-state index in [-0.39, 0.29) is 65.7 Å². The number of likely N-dealkylation sites (tertiary alicyclic amines) is 2. The Morgan fingerprint density at radius 3 is 2.31 bits per heavy atom. The molecule has 6 aromatic rings. The van der Waals surface area contributed by atoms with Gasteiger partial charge < -0.3 is 44.1 Å². The van der Waals surface area contributed by atoms with E-state index in [9.17, 15) is 34.2 Å². The predicted molar refractivity (Wildman–Crippen MR) is 278 cm³/mol. The summed E-state index contributed by atoms with van der Waals surface area (Å²) in [7, 11) is 1.74. The number of benzene rings is 3. The number of hydrogen-bond donors (Lipinski definition) is 3. The summed E-state index contributed by atoms with van der Waals surface area (Å²) in [5.41, 5.74) is 4.93. The van der Waals surface area contributed by atoms with Gasteiger partial charge >= 0.3 is 12.1 Å². The number of esters is 1. The molecule has 19 nitrogen and oxygen atoms in total. The molecule has 3 fully saturated rings. The van der Waals surface area contributed by atoms with Gasteiger partial charge in [-0.1, -0.05) is 32.9 Å². The van der Waals surface area contributed by atoms with Crippen molar-refractivity contribution < 1.29 is 43.6 Å². The molecule has 0 aliphatic carbocycles. The second-order valence-corrected chi connectivity index (χ2v) is 20.2. The number of fused-ring (bicyclic) bond motifs is 3. The Morgan fingerprint density at radius 1 is 0.907 bits per heavy atom. The Bertz CT molecular complexity index is 3270. The van der Waals surface area contributed by atoms with Gasteiger partial charge in [0.15, 0.2) is 5.82 Å². The maximum absolute atomic E-state index is 13.9. The Hall–Kier alpha value is -7.64. The van der Waals surface area contributed by atoms with E-state index in [1.54, 1.807) is 33.2 Å². The molecule has 3 N–H and O–H groups in total. The number of pyridine rings is 2. The van der Waals surface area contributed by atoms with E-state index in [4.69, 9.17) is 19.2 Å². The van der Waals surface area contributed by atoms with E-state index in [0.717, 1.165) is 42.4 Å². The number of piperidine rings is 2. The van der Waals surface area contributed by atoms with Gasteiger partial charge in [0.1, 0.15) is 23.9 Å². The third kappa shape index (κ3) is 9.58. The Kier molecular flexibility index (Phi) is 14.0. The van der Waals surface area contributed by atoms with Crippen LogP contribution >= 0.6 is 0 Å². The number of hydrogen-bond acceptors (Lipinski definition) is 14. The molecular formula is C56H63N9O10. The fourth-order valence-electron chi connectivity index (χ4n) is 10.9. The van der Waals surface area contributed by atoms with Crippen molar-refractivity contribution in [3.05, 3.63) is 111 Å². The first-order chi connectivity index (χ1) is 36.1.